The van der Waals surface area contributed by atoms with Crippen LogP contribution in [0, 0.1) is 0 Å². The van der Waals surface area contributed by atoms with Crippen LogP contribution in [0.15, 0.2) is 11.1 Å². The van der Waals surface area contributed by atoms with Crippen molar-refractivity contribution in [2.24, 2.45) is 5.73 Å². The van der Waals surface area contributed by atoms with Crippen LogP contribution in [0.3, 0.4) is 0 Å². The fraction of sp³-hybridized carbons (Fsp3) is 0.667. The number of hydrogen-bond donors (Lipinski definition) is 1. The Balaban J connectivity index is 4.41. The van der Waals surface area contributed by atoms with Crippen molar-refractivity contribution in [2.45, 2.75) is 20.3 Å². The highest BCUT2D eigenvalue weighted by Gasteiger charge is 2.01. The van der Waals surface area contributed by atoms with Gasteiger partial charge in [0.2, 0.25) is 0 Å². The fourth-order valence-electron chi connectivity index (χ4n) is 0.397. The highest BCUT2D eigenvalue weighted by molar-refractivity contribution is 7.94. The molecule has 0 heterocycles. The summed E-state index contributed by atoms with van der Waals surface area (Å²) >= 11 is 0. The van der Waals surface area contributed by atoms with E-state index in [-0.39, 0.29) is 5.75 Å². The van der Waals surface area contributed by atoms with E-state index in [0.717, 1.165) is 5.41 Å². The number of sulfone groups is 1. The molecule has 0 saturated heterocycles. The first-order valence-corrected chi connectivity index (χ1v) is 4.92. The SMILES string of the molecule is CC/C(N)=C\S(=O)(=O)CC. The van der Waals surface area contributed by atoms with Gasteiger partial charge in [0, 0.05) is 11.1 Å². The van der Waals surface area contributed by atoms with E-state index in [1.165, 1.54) is 0 Å². The molecule has 0 amide bonds. The van der Waals surface area contributed by atoms with E-state index in [1.54, 1.807) is 6.92 Å². The minimum Gasteiger partial charge on any atom is -0.401 e. The zero-order chi connectivity index (χ0) is 8.20. The Morgan fingerprint density at radius 1 is 1.50 bits per heavy atom. The average Bonchev–Trinajstić information content (AvgIpc) is 1.87. The summed E-state index contributed by atoms with van der Waals surface area (Å²) in [6.07, 6.45) is 0.583. The summed E-state index contributed by atoms with van der Waals surface area (Å²) in [5.41, 5.74) is 5.73. The second-order valence-electron chi connectivity index (χ2n) is 2.00. The second-order valence-corrected chi connectivity index (χ2v) is 4.14. The molecule has 0 saturated carbocycles. The van der Waals surface area contributed by atoms with Gasteiger partial charge in [-0.3, -0.25) is 0 Å². The van der Waals surface area contributed by atoms with Crippen LogP contribution in [-0.2, 0) is 9.84 Å². The molecule has 60 valence electrons. The van der Waals surface area contributed by atoms with Gasteiger partial charge in [0.05, 0.1) is 5.75 Å². The van der Waals surface area contributed by atoms with Crippen LogP contribution in [0.4, 0.5) is 0 Å². The van der Waals surface area contributed by atoms with Crippen molar-refractivity contribution in [1.29, 1.82) is 0 Å². The highest BCUT2D eigenvalue weighted by Crippen LogP contribution is 1.97. The van der Waals surface area contributed by atoms with Gasteiger partial charge in [-0.15, -0.1) is 0 Å². The monoisotopic (exact) mass is 163 g/mol. The van der Waals surface area contributed by atoms with Crippen molar-refractivity contribution >= 4 is 9.84 Å². The molecule has 0 bridgehead atoms. The molecular formula is C6H13NO2S. The van der Waals surface area contributed by atoms with E-state index in [0.29, 0.717) is 12.1 Å². The minimum absolute atomic E-state index is 0.119. The van der Waals surface area contributed by atoms with Crippen LogP contribution in [0.1, 0.15) is 20.3 Å². The summed E-state index contributed by atoms with van der Waals surface area (Å²) in [4.78, 5) is 0. The van der Waals surface area contributed by atoms with E-state index in [9.17, 15) is 8.42 Å². The standard InChI is InChI=1S/C6H13NO2S/c1-3-6(7)5-10(8,9)4-2/h5H,3-4,7H2,1-2H3/b6-5+. The predicted octanol–water partition coefficient (Wildman–Crippen LogP) is 0.631. The third kappa shape index (κ3) is 3.50. The maximum absolute atomic E-state index is 10.8. The fourth-order valence-corrected chi connectivity index (χ4v) is 1.19. The smallest absolute Gasteiger partial charge is 0.173 e. The molecule has 0 atom stereocenters. The third-order valence-corrected chi connectivity index (χ3v) is 2.61. The lowest BCUT2D eigenvalue weighted by Gasteiger charge is -1.94. The highest BCUT2D eigenvalue weighted by atomic mass is 32.2. The summed E-state index contributed by atoms with van der Waals surface area (Å²) in [6.45, 7) is 3.41. The van der Waals surface area contributed by atoms with Crippen LogP contribution in [0.5, 0.6) is 0 Å². The lowest BCUT2D eigenvalue weighted by Crippen LogP contribution is -2.03. The summed E-state index contributed by atoms with van der Waals surface area (Å²) in [6, 6.07) is 0. The van der Waals surface area contributed by atoms with Crippen molar-refractivity contribution < 1.29 is 8.42 Å². The molecule has 0 aromatic rings. The van der Waals surface area contributed by atoms with Gasteiger partial charge in [-0.1, -0.05) is 13.8 Å². The zero-order valence-electron chi connectivity index (χ0n) is 6.29. The molecule has 0 aliphatic rings. The number of nitrogens with two attached hydrogens (primary N) is 1. The summed E-state index contributed by atoms with van der Waals surface area (Å²) < 4.78 is 21.6. The Morgan fingerprint density at radius 3 is 2.30 bits per heavy atom. The molecule has 4 heteroatoms. The maximum atomic E-state index is 10.8. The molecule has 0 aliphatic heterocycles. The first-order chi connectivity index (χ1) is 4.52. The molecule has 3 nitrogen and oxygen atoms in total. The molecule has 2 N–H and O–H groups in total. The van der Waals surface area contributed by atoms with Gasteiger partial charge < -0.3 is 5.73 Å². The van der Waals surface area contributed by atoms with E-state index in [2.05, 4.69) is 0 Å². The zero-order valence-corrected chi connectivity index (χ0v) is 7.11. The average molecular weight is 163 g/mol. The number of rotatable bonds is 3. The van der Waals surface area contributed by atoms with Gasteiger partial charge in [-0.2, -0.15) is 0 Å². The maximum Gasteiger partial charge on any atom is 0.173 e. The third-order valence-electron chi connectivity index (χ3n) is 1.14. The molecule has 0 fully saturated rings. The van der Waals surface area contributed by atoms with E-state index < -0.39 is 9.84 Å². The Labute approximate surface area is 61.8 Å². The molecule has 0 unspecified atom stereocenters. The summed E-state index contributed by atoms with van der Waals surface area (Å²) in [5, 5.41) is 1.13. The van der Waals surface area contributed by atoms with Crippen molar-refractivity contribution in [3.05, 3.63) is 11.1 Å². The van der Waals surface area contributed by atoms with Crippen LogP contribution in [-0.4, -0.2) is 14.2 Å². The Bertz CT molecular complexity index is 216. The quantitative estimate of drug-likeness (QED) is 0.664. The minimum atomic E-state index is -3.02. The first-order valence-electron chi connectivity index (χ1n) is 3.20. The summed E-state index contributed by atoms with van der Waals surface area (Å²) in [7, 11) is -3.02. The Hall–Kier alpha value is -0.510. The van der Waals surface area contributed by atoms with Crippen molar-refractivity contribution in [3.8, 4) is 0 Å². The van der Waals surface area contributed by atoms with Gasteiger partial charge in [0.25, 0.3) is 0 Å². The van der Waals surface area contributed by atoms with Crippen molar-refractivity contribution in [2.75, 3.05) is 5.75 Å². The molecule has 0 rings (SSSR count). The van der Waals surface area contributed by atoms with Crippen LogP contribution in [0.2, 0.25) is 0 Å². The van der Waals surface area contributed by atoms with E-state index in [1.807, 2.05) is 6.92 Å². The van der Waals surface area contributed by atoms with Gasteiger partial charge in [0.1, 0.15) is 0 Å². The molecule has 0 spiro atoms. The predicted molar refractivity (Wildman–Crippen MR) is 42.0 cm³/mol. The van der Waals surface area contributed by atoms with Crippen LogP contribution >= 0.6 is 0 Å². The number of hydrogen-bond acceptors (Lipinski definition) is 3. The number of allylic oxidation sites excluding steroid dienone is 1. The van der Waals surface area contributed by atoms with E-state index in [4.69, 9.17) is 5.73 Å². The lowest BCUT2D eigenvalue weighted by atomic mass is 10.4. The molecule has 0 aromatic heterocycles. The van der Waals surface area contributed by atoms with Crippen LogP contribution < -0.4 is 5.73 Å². The molecule has 0 aliphatic carbocycles. The van der Waals surface area contributed by atoms with Crippen molar-refractivity contribution in [1.82, 2.24) is 0 Å². The molecule has 10 heavy (non-hydrogen) atoms. The van der Waals surface area contributed by atoms with Gasteiger partial charge in [0.15, 0.2) is 9.84 Å². The van der Waals surface area contributed by atoms with Crippen molar-refractivity contribution in [3.63, 3.8) is 0 Å². The van der Waals surface area contributed by atoms with Gasteiger partial charge in [-0.05, 0) is 6.42 Å². The lowest BCUT2D eigenvalue weighted by molar-refractivity contribution is 0.605. The van der Waals surface area contributed by atoms with E-state index >= 15 is 0 Å². The molecule has 0 aromatic carbocycles. The van der Waals surface area contributed by atoms with Crippen LogP contribution in [0.25, 0.3) is 0 Å². The molecule has 0 radical (unpaired) electrons. The Morgan fingerprint density at radius 2 is 2.00 bits per heavy atom. The largest absolute Gasteiger partial charge is 0.401 e. The summed E-state index contributed by atoms with van der Waals surface area (Å²) in [5.74, 6) is 0.119. The Kier molecular flexibility index (Phi) is 3.42. The van der Waals surface area contributed by atoms with Gasteiger partial charge >= 0.3 is 0 Å². The topological polar surface area (TPSA) is 60.2 Å². The molecular weight excluding hydrogens is 150 g/mol. The second kappa shape index (κ2) is 3.61. The normalized spacial score (nSPS) is 13.6. The van der Waals surface area contributed by atoms with Gasteiger partial charge in [-0.25, -0.2) is 8.42 Å². The first kappa shape index (κ1) is 9.49.